The zero-order valence-corrected chi connectivity index (χ0v) is 12.2. The fourth-order valence-electron chi connectivity index (χ4n) is 2.25. The van der Waals surface area contributed by atoms with Crippen molar-refractivity contribution >= 4 is 22.6 Å². The Morgan fingerprint density at radius 2 is 1.90 bits per heavy atom. The van der Waals surface area contributed by atoms with Crippen molar-refractivity contribution in [3.05, 3.63) is 46.5 Å². The summed E-state index contributed by atoms with van der Waals surface area (Å²) >= 11 is 5.94. The molecule has 3 rings (SSSR count). The van der Waals surface area contributed by atoms with Gasteiger partial charge in [-0.2, -0.15) is 0 Å². The van der Waals surface area contributed by atoms with Gasteiger partial charge in [-0.05, 0) is 47.9 Å². The minimum atomic E-state index is -0.104. The van der Waals surface area contributed by atoms with E-state index in [9.17, 15) is 10.2 Å². The average molecular weight is 304 g/mol. The molecule has 0 aliphatic heterocycles. The molecule has 1 aromatic heterocycles. The van der Waals surface area contributed by atoms with Crippen molar-refractivity contribution < 1.29 is 10.2 Å². The molecule has 0 atom stereocenters. The van der Waals surface area contributed by atoms with Gasteiger partial charge in [-0.1, -0.05) is 18.5 Å². The number of rotatable bonds is 3. The molecular formula is C15H14ClN3O2. The molecule has 0 bridgehead atoms. The molecule has 21 heavy (non-hydrogen) atoms. The molecule has 1 heterocycles. The number of aliphatic hydroxyl groups excluding tert-OH is 1. The highest BCUT2D eigenvalue weighted by Gasteiger charge is 2.13. The molecule has 0 radical (unpaired) electrons. The van der Waals surface area contributed by atoms with Gasteiger partial charge in [0.15, 0.2) is 0 Å². The lowest BCUT2D eigenvalue weighted by Crippen LogP contribution is -2.02. The summed E-state index contributed by atoms with van der Waals surface area (Å²) in [6.07, 6.45) is 0.652. The monoisotopic (exact) mass is 303 g/mol. The number of halogens is 1. The van der Waals surface area contributed by atoms with Crippen molar-refractivity contribution in [3.63, 3.8) is 0 Å². The van der Waals surface area contributed by atoms with Crippen LogP contribution >= 0.6 is 11.6 Å². The number of aryl methyl sites for hydroxylation is 1. The smallest absolute Gasteiger partial charge is 0.146 e. The van der Waals surface area contributed by atoms with Crippen LogP contribution in [0.1, 0.15) is 18.1 Å². The number of nitrogens with zero attached hydrogens (tertiary/aromatic N) is 3. The zero-order valence-electron chi connectivity index (χ0n) is 11.4. The second kappa shape index (κ2) is 5.35. The second-order valence-corrected chi connectivity index (χ2v) is 5.19. The SMILES string of the molecule is CCc1cc(CO)cc(-n2nc3ccc(Cl)cc3n2)c1O. The summed E-state index contributed by atoms with van der Waals surface area (Å²) in [4.78, 5) is 1.37. The Labute approximate surface area is 126 Å². The van der Waals surface area contributed by atoms with Gasteiger partial charge in [0.2, 0.25) is 0 Å². The minimum absolute atomic E-state index is 0.104. The average Bonchev–Trinajstić information content (AvgIpc) is 2.90. The standard InChI is InChI=1S/C15H14ClN3O2/c1-2-10-5-9(8-20)6-14(15(10)21)19-17-12-4-3-11(16)7-13(12)18-19/h3-7,20-21H,2,8H2,1H3. The molecule has 2 N–H and O–H groups in total. The van der Waals surface area contributed by atoms with Crippen molar-refractivity contribution in [2.24, 2.45) is 0 Å². The Hall–Kier alpha value is -2.11. The lowest BCUT2D eigenvalue weighted by atomic mass is 10.1. The van der Waals surface area contributed by atoms with Crippen LogP contribution in [0.25, 0.3) is 16.7 Å². The zero-order chi connectivity index (χ0) is 15.0. The van der Waals surface area contributed by atoms with Gasteiger partial charge in [0.05, 0.1) is 6.61 Å². The molecule has 0 aliphatic carbocycles. The van der Waals surface area contributed by atoms with Crippen molar-refractivity contribution in [1.29, 1.82) is 0 Å². The molecular weight excluding hydrogens is 290 g/mol. The number of hydrogen-bond acceptors (Lipinski definition) is 4. The molecule has 5 nitrogen and oxygen atoms in total. The van der Waals surface area contributed by atoms with E-state index < -0.39 is 0 Å². The maximum atomic E-state index is 10.3. The van der Waals surface area contributed by atoms with E-state index in [4.69, 9.17) is 11.6 Å². The van der Waals surface area contributed by atoms with Crippen LogP contribution < -0.4 is 0 Å². The van der Waals surface area contributed by atoms with Gasteiger partial charge in [0, 0.05) is 5.02 Å². The summed E-state index contributed by atoms with van der Waals surface area (Å²) in [6.45, 7) is 1.83. The third-order valence-electron chi connectivity index (χ3n) is 3.35. The van der Waals surface area contributed by atoms with E-state index in [2.05, 4.69) is 10.2 Å². The molecule has 6 heteroatoms. The summed E-state index contributed by atoms with van der Waals surface area (Å²) in [6, 6.07) is 8.68. The first-order valence-electron chi connectivity index (χ1n) is 6.61. The fraction of sp³-hybridized carbons (Fsp3) is 0.200. The maximum Gasteiger partial charge on any atom is 0.146 e. The van der Waals surface area contributed by atoms with E-state index in [0.717, 1.165) is 5.56 Å². The van der Waals surface area contributed by atoms with E-state index in [1.807, 2.05) is 6.92 Å². The third-order valence-corrected chi connectivity index (χ3v) is 3.58. The number of phenolic OH excluding ortho intramolecular Hbond substituents is 1. The molecule has 0 fully saturated rings. The highest BCUT2D eigenvalue weighted by molar-refractivity contribution is 6.31. The van der Waals surface area contributed by atoms with Crippen molar-refractivity contribution in [1.82, 2.24) is 15.0 Å². The normalized spacial score (nSPS) is 11.2. The van der Waals surface area contributed by atoms with Crippen LogP contribution in [0.4, 0.5) is 0 Å². The quantitative estimate of drug-likeness (QED) is 0.780. The first-order chi connectivity index (χ1) is 10.1. The van der Waals surface area contributed by atoms with Gasteiger partial charge < -0.3 is 10.2 Å². The first kappa shape index (κ1) is 13.9. The van der Waals surface area contributed by atoms with E-state index in [0.29, 0.717) is 33.7 Å². The number of aromatic nitrogens is 3. The van der Waals surface area contributed by atoms with Gasteiger partial charge in [0.1, 0.15) is 22.5 Å². The van der Waals surface area contributed by atoms with Crippen LogP contribution in [0.5, 0.6) is 5.75 Å². The number of aliphatic hydroxyl groups is 1. The summed E-state index contributed by atoms with van der Waals surface area (Å²) in [5, 5.41) is 28.9. The Balaban J connectivity index is 2.21. The van der Waals surface area contributed by atoms with E-state index in [-0.39, 0.29) is 12.4 Å². The third kappa shape index (κ3) is 2.46. The highest BCUT2D eigenvalue weighted by Crippen LogP contribution is 2.29. The second-order valence-electron chi connectivity index (χ2n) is 4.76. The molecule has 108 valence electrons. The Morgan fingerprint density at radius 3 is 2.62 bits per heavy atom. The van der Waals surface area contributed by atoms with Crippen LogP contribution in [-0.4, -0.2) is 25.2 Å². The molecule has 0 saturated carbocycles. The highest BCUT2D eigenvalue weighted by atomic mass is 35.5. The maximum absolute atomic E-state index is 10.3. The van der Waals surface area contributed by atoms with Crippen LogP contribution in [0.2, 0.25) is 5.02 Å². The van der Waals surface area contributed by atoms with Crippen LogP contribution in [-0.2, 0) is 13.0 Å². The first-order valence-corrected chi connectivity index (χ1v) is 6.98. The Bertz CT molecular complexity index is 814. The molecule has 3 aromatic rings. The lowest BCUT2D eigenvalue weighted by Gasteiger charge is -2.10. The van der Waals surface area contributed by atoms with Gasteiger partial charge in [-0.25, -0.2) is 0 Å². The van der Waals surface area contributed by atoms with Crippen molar-refractivity contribution in [3.8, 4) is 11.4 Å². The van der Waals surface area contributed by atoms with Crippen LogP contribution in [0.3, 0.4) is 0 Å². The fourth-order valence-corrected chi connectivity index (χ4v) is 2.42. The molecule has 0 amide bonds. The summed E-state index contributed by atoms with van der Waals surface area (Å²) in [5.41, 5.74) is 3.24. The largest absolute Gasteiger partial charge is 0.505 e. The van der Waals surface area contributed by atoms with Crippen LogP contribution in [0.15, 0.2) is 30.3 Å². The van der Waals surface area contributed by atoms with E-state index in [1.54, 1.807) is 30.3 Å². The van der Waals surface area contributed by atoms with Crippen molar-refractivity contribution in [2.75, 3.05) is 0 Å². The number of aromatic hydroxyl groups is 1. The molecule has 0 saturated heterocycles. The van der Waals surface area contributed by atoms with E-state index in [1.165, 1.54) is 4.80 Å². The minimum Gasteiger partial charge on any atom is -0.505 e. The molecule has 0 unspecified atom stereocenters. The number of benzene rings is 2. The predicted molar refractivity (Wildman–Crippen MR) is 80.8 cm³/mol. The molecule has 0 aliphatic rings. The Kier molecular flexibility index (Phi) is 3.53. The summed E-state index contributed by atoms with van der Waals surface area (Å²) < 4.78 is 0. The topological polar surface area (TPSA) is 71.2 Å². The lowest BCUT2D eigenvalue weighted by molar-refractivity contribution is 0.281. The number of hydrogen-bond donors (Lipinski definition) is 2. The number of phenols is 1. The van der Waals surface area contributed by atoms with Crippen molar-refractivity contribution in [2.45, 2.75) is 20.0 Å². The van der Waals surface area contributed by atoms with Gasteiger partial charge in [-0.15, -0.1) is 15.0 Å². The van der Waals surface area contributed by atoms with Gasteiger partial charge in [0.25, 0.3) is 0 Å². The Morgan fingerprint density at radius 1 is 1.14 bits per heavy atom. The van der Waals surface area contributed by atoms with Gasteiger partial charge >= 0.3 is 0 Å². The van der Waals surface area contributed by atoms with Crippen LogP contribution in [0, 0.1) is 0 Å². The summed E-state index contributed by atoms with van der Waals surface area (Å²) in [5.74, 6) is 0.126. The van der Waals surface area contributed by atoms with Gasteiger partial charge in [-0.3, -0.25) is 0 Å². The molecule has 2 aromatic carbocycles. The predicted octanol–water partition coefficient (Wildman–Crippen LogP) is 2.83. The summed E-state index contributed by atoms with van der Waals surface area (Å²) in [7, 11) is 0. The van der Waals surface area contributed by atoms with E-state index >= 15 is 0 Å². The molecule has 0 spiro atoms. The number of fused-ring (bicyclic) bond motifs is 1.